The van der Waals surface area contributed by atoms with Gasteiger partial charge in [-0.05, 0) is 69.8 Å². The van der Waals surface area contributed by atoms with Crippen LogP contribution >= 0.6 is 0 Å². The summed E-state index contributed by atoms with van der Waals surface area (Å²) in [6, 6.07) is 20.8. The number of ether oxygens (including phenoxy) is 1. The summed E-state index contributed by atoms with van der Waals surface area (Å²) in [6.45, 7) is 12.0. The Morgan fingerprint density at radius 3 is 2.00 bits per heavy atom. The summed E-state index contributed by atoms with van der Waals surface area (Å²) in [4.78, 5) is 12.0. The summed E-state index contributed by atoms with van der Waals surface area (Å²) >= 11 is 0. The molecule has 2 aromatic rings. The molecule has 0 bridgehead atoms. The molecule has 32 heavy (non-hydrogen) atoms. The topological polar surface area (TPSA) is 44.8 Å². The predicted molar refractivity (Wildman–Crippen MR) is 130 cm³/mol. The second-order valence-corrected chi connectivity index (χ2v) is 9.97. The molecule has 0 radical (unpaired) electrons. The lowest BCUT2D eigenvalue weighted by Gasteiger charge is -2.32. The van der Waals surface area contributed by atoms with Crippen molar-refractivity contribution in [3.63, 3.8) is 0 Å². The molecule has 1 fully saturated rings. The highest BCUT2D eigenvalue weighted by molar-refractivity contribution is 6.45. The second-order valence-electron chi connectivity index (χ2n) is 9.97. The monoisotopic (exact) mass is 436 g/mol. The van der Waals surface area contributed by atoms with E-state index in [1.165, 1.54) is 18.1 Å². The van der Waals surface area contributed by atoms with Crippen LogP contribution in [0.5, 0.6) is 0 Å². The molecular formula is C27H37BO4. The lowest BCUT2D eigenvalue weighted by molar-refractivity contribution is -0.149. The zero-order valence-electron chi connectivity index (χ0n) is 20.3. The first-order valence-corrected chi connectivity index (χ1v) is 11.7. The van der Waals surface area contributed by atoms with Crippen LogP contribution in [0.3, 0.4) is 0 Å². The number of esters is 1. The van der Waals surface area contributed by atoms with Gasteiger partial charge in [-0.2, -0.15) is 0 Å². The molecule has 2 aromatic carbocycles. The van der Waals surface area contributed by atoms with Crippen LogP contribution in [0.25, 0.3) is 0 Å². The van der Waals surface area contributed by atoms with E-state index in [1.807, 2.05) is 24.3 Å². The first kappa shape index (κ1) is 24.5. The van der Waals surface area contributed by atoms with Crippen molar-refractivity contribution in [1.29, 1.82) is 0 Å². The fourth-order valence-electron chi connectivity index (χ4n) is 4.48. The molecular weight excluding hydrogens is 399 g/mol. The maximum atomic E-state index is 12.0. The number of rotatable bonds is 9. The predicted octanol–water partition coefficient (Wildman–Crippen LogP) is 6.06. The normalized spacial score (nSPS) is 19.9. The third-order valence-electron chi connectivity index (χ3n) is 7.07. The molecule has 0 amide bonds. The van der Waals surface area contributed by atoms with Crippen LogP contribution in [0.1, 0.15) is 65.0 Å². The Hall–Kier alpha value is -2.11. The van der Waals surface area contributed by atoms with Gasteiger partial charge in [-0.25, -0.2) is 0 Å². The third-order valence-corrected chi connectivity index (χ3v) is 7.07. The summed E-state index contributed by atoms with van der Waals surface area (Å²) in [7, 11) is -0.306. The number of carbonyl (C=O) groups is 1. The molecule has 1 aliphatic rings. The Labute approximate surface area is 193 Å². The van der Waals surface area contributed by atoms with Crippen molar-refractivity contribution in [1.82, 2.24) is 0 Å². The van der Waals surface area contributed by atoms with Gasteiger partial charge >= 0.3 is 13.1 Å². The Kier molecular flexibility index (Phi) is 7.84. The number of hydrogen-bond donors (Lipinski definition) is 0. The van der Waals surface area contributed by atoms with Crippen molar-refractivity contribution in [2.75, 3.05) is 0 Å². The molecule has 0 N–H and O–H groups in total. The molecule has 0 aromatic heterocycles. The molecule has 1 saturated heterocycles. The van der Waals surface area contributed by atoms with Gasteiger partial charge in [0.25, 0.3) is 0 Å². The highest BCUT2D eigenvalue weighted by Gasteiger charge is 2.52. The lowest BCUT2D eigenvalue weighted by atomic mass is 9.68. The quantitative estimate of drug-likeness (QED) is 0.354. The average molecular weight is 436 g/mol. The summed E-state index contributed by atoms with van der Waals surface area (Å²) < 4.78 is 18.5. The number of benzene rings is 2. The van der Waals surface area contributed by atoms with E-state index >= 15 is 0 Å². The van der Waals surface area contributed by atoms with Crippen molar-refractivity contribution in [3.8, 4) is 0 Å². The number of carbonyl (C=O) groups excluding carboxylic acids is 1. The largest absolute Gasteiger partial charge is 0.462 e. The fourth-order valence-corrected chi connectivity index (χ4v) is 4.48. The molecule has 5 heteroatoms. The van der Waals surface area contributed by atoms with Gasteiger partial charge in [0.05, 0.1) is 11.2 Å². The minimum absolute atomic E-state index is 0.101. The molecule has 3 atom stereocenters. The van der Waals surface area contributed by atoms with Gasteiger partial charge < -0.3 is 14.0 Å². The zero-order valence-corrected chi connectivity index (χ0v) is 20.3. The fraction of sp³-hybridized carbons (Fsp3) is 0.519. The van der Waals surface area contributed by atoms with E-state index in [0.717, 1.165) is 12.8 Å². The average Bonchev–Trinajstić information content (AvgIpc) is 2.96. The van der Waals surface area contributed by atoms with Crippen molar-refractivity contribution in [2.45, 2.75) is 83.9 Å². The summed E-state index contributed by atoms with van der Waals surface area (Å²) in [6.07, 6.45) is 2.15. The van der Waals surface area contributed by atoms with Crippen LogP contribution in [0, 0.1) is 5.92 Å². The lowest BCUT2D eigenvalue weighted by Crippen LogP contribution is -2.41. The summed E-state index contributed by atoms with van der Waals surface area (Å²) in [5, 5.41) is 0. The first-order chi connectivity index (χ1) is 15.1. The first-order valence-electron chi connectivity index (χ1n) is 11.7. The van der Waals surface area contributed by atoms with Crippen LogP contribution in [-0.4, -0.2) is 30.4 Å². The SMILES string of the molecule is CC(=O)OC(CCc1ccccc1)C(C)C(CB1OC(C)(C)C(C)(C)O1)c1ccccc1. The van der Waals surface area contributed by atoms with Gasteiger partial charge in [0.1, 0.15) is 6.10 Å². The van der Waals surface area contributed by atoms with Crippen molar-refractivity contribution in [2.24, 2.45) is 5.92 Å². The standard InChI is InChI=1S/C27H37BO4/c1-20(25(30-21(2)29)18-17-22-13-9-7-10-14-22)24(23-15-11-8-12-16-23)19-28-31-26(3,4)27(5,6)32-28/h7-16,20,24-25H,17-19H2,1-6H3. The minimum atomic E-state index is -0.370. The summed E-state index contributed by atoms with van der Waals surface area (Å²) in [5.74, 6) is -0.00702. The highest BCUT2D eigenvalue weighted by atomic mass is 16.7. The number of hydrogen-bond acceptors (Lipinski definition) is 4. The molecule has 0 saturated carbocycles. The van der Waals surface area contributed by atoms with E-state index in [0.29, 0.717) is 6.32 Å². The Morgan fingerprint density at radius 2 is 1.47 bits per heavy atom. The van der Waals surface area contributed by atoms with Gasteiger partial charge in [-0.15, -0.1) is 0 Å². The third kappa shape index (κ3) is 6.02. The van der Waals surface area contributed by atoms with E-state index in [4.69, 9.17) is 14.0 Å². The smallest absolute Gasteiger partial charge is 0.458 e. The molecule has 0 aliphatic carbocycles. The van der Waals surface area contributed by atoms with Crippen LogP contribution in [0.4, 0.5) is 0 Å². The second kappa shape index (κ2) is 10.2. The Morgan fingerprint density at radius 1 is 0.938 bits per heavy atom. The zero-order chi connectivity index (χ0) is 23.4. The molecule has 172 valence electrons. The van der Waals surface area contributed by atoms with Crippen LogP contribution < -0.4 is 0 Å². The van der Waals surface area contributed by atoms with E-state index in [-0.39, 0.29) is 42.2 Å². The van der Waals surface area contributed by atoms with Gasteiger partial charge in [0, 0.05) is 6.92 Å². The van der Waals surface area contributed by atoms with Gasteiger partial charge in [0.15, 0.2) is 0 Å². The van der Waals surface area contributed by atoms with Crippen molar-refractivity contribution >= 4 is 13.1 Å². The van der Waals surface area contributed by atoms with E-state index in [2.05, 4.69) is 71.0 Å². The summed E-state index contributed by atoms with van der Waals surface area (Å²) in [5.41, 5.74) is 1.72. The maximum Gasteiger partial charge on any atom is 0.458 e. The molecule has 3 unspecified atom stereocenters. The van der Waals surface area contributed by atoms with E-state index in [1.54, 1.807) is 0 Å². The van der Waals surface area contributed by atoms with E-state index < -0.39 is 0 Å². The van der Waals surface area contributed by atoms with E-state index in [9.17, 15) is 4.79 Å². The highest BCUT2D eigenvalue weighted by Crippen LogP contribution is 2.42. The molecule has 3 rings (SSSR count). The van der Waals surface area contributed by atoms with Crippen LogP contribution in [0.15, 0.2) is 60.7 Å². The van der Waals surface area contributed by atoms with Gasteiger partial charge in [-0.1, -0.05) is 67.6 Å². The number of aryl methyl sites for hydroxylation is 1. The molecule has 1 heterocycles. The molecule has 4 nitrogen and oxygen atoms in total. The van der Waals surface area contributed by atoms with Crippen LogP contribution in [0.2, 0.25) is 6.32 Å². The van der Waals surface area contributed by atoms with Gasteiger partial charge in [-0.3, -0.25) is 4.79 Å². The molecule has 1 aliphatic heterocycles. The Bertz CT molecular complexity index is 850. The Balaban J connectivity index is 1.82. The van der Waals surface area contributed by atoms with Crippen LogP contribution in [-0.2, 0) is 25.3 Å². The maximum absolute atomic E-state index is 12.0. The minimum Gasteiger partial charge on any atom is -0.462 e. The van der Waals surface area contributed by atoms with Crippen molar-refractivity contribution in [3.05, 3.63) is 71.8 Å². The van der Waals surface area contributed by atoms with Crippen molar-refractivity contribution < 1.29 is 18.8 Å². The molecule has 0 spiro atoms. The van der Waals surface area contributed by atoms with Gasteiger partial charge in [0.2, 0.25) is 0 Å².